The minimum Gasteiger partial charge on any atom is -0.493 e. The minimum atomic E-state index is 0.0364. The number of rotatable bonds is 7. The quantitative estimate of drug-likeness (QED) is 0.682. The second kappa shape index (κ2) is 9.01. The number of benzene rings is 1. The van der Waals surface area contributed by atoms with Crippen LogP contribution in [-0.2, 0) is 11.2 Å². The zero-order chi connectivity index (χ0) is 19.2. The van der Waals surface area contributed by atoms with Crippen LogP contribution in [0.1, 0.15) is 15.2 Å². The highest BCUT2D eigenvalue weighted by Crippen LogP contribution is 2.27. The molecule has 1 amide bonds. The van der Waals surface area contributed by atoms with Gasteiger partial charge in [0.1, 0.15) is 0 Å². The van der Waals surface area contributed by atoms with Gasteiger partial charge in [-0.25, -0.2) is 0 Å². The summed E-state index contributed by atoms with van der Waals surface area (Å²) < 4.78 is 10.5. The fraction of sp³-hybridized carbons (Fsp3) is 0.400. The largest absolute Gasteiger partial charge is 0.493 e. The highest BCUT2D eigenvalue weighted by molar-refractivity contribution is 7.10. The molecule has 6 nitrogen and oxygen atoms in total. The van der Waals surface area contributed by atoms with Crippen molar-refractivity contribution in [2.24, 2.45) is 0 Å². The Kier molecular flexibility index (Phi) is 6.47. The van der Waals surface area contributed by atoms with Crippen molar-refractivity contribution in [3.8, 4) is 11.5 Å². The predicted molar refractivity (Wildman–Crippen MR) is 105 cm³/mol. The second-order valence-corrected chi connectivity index (χ2v) is 7.44. The zero-order valence-corrected chi connectivity index (χ0v) is 16.5. The average Bonchev–Trinajstić information content (AvgIpc) is 3.20. The van der Waals surface area contributed by atoms with Crippen LogP contribution in [0.5, 0.6) is 11.5 Å². The lowest BCUT2D eigenvalue weighted by molar-refractivity contribution is -0.132. The molecular weight excluding hydrogens is 364 g/mol. The smallest absolute Gasteiger partial charge is 0.227 e. The van der Waals surface area contributed by atoms with Gasteiger partial charge in [-0.2, -0.15) is 0 Å². The summed E-state index contributed by atoms with van der Waals surface area (Å²) >= 11 is 1.61. The van der Waals surface area contributed by atoms with Crippen molar-refractivity contribution in [2.75, 3.05) is 46.9 Å². The van der Waals surface area contributed by atoms with Gasteiger partial charge in [-0.15, -0.1) is 11.3 Å². The molecule has 0 atom stereocenters. The monoisotopic (exact) mass is 388 g/mol. The summed E-state index contributed by atoms with van der Waals surface area (Å²) in [4.78, 5) is 30.0. The Labute approximate surface area is 163 Å². The number of hydrogen-bond donors (Lipinski definition) is 0. The molecule has 0 N–H and O–H groups in total. The van der Waals surface area contributed by atoms with Gasteiger partial charge in [-0.1, -0.05) is 6.07 Å². The number of thiophene rings is 1. The van der Waals surface area contributed by atoms with Crippen molar-refractivity contribution in [3.05, 3.63) is 46.2 Å². The van der Waals surface area contributed by atoms with Crippen LogP contribution in [0.2, 0.25) is 0 Å². The van der Waals surface area contributed by atoms with E-state index in [1.165, 1.54) is 0 Å². The third-order valence-corrected chi connectivity index (χ3v) is 5.58. The fourth-order valence-electron chi connectivity index (χ4n) is 3.13. The van der Waals surface area contributed by atoms with Gasteiger partial charge in [0.25, 0.3) is 0 Å². The fourth-order valence-corrected chi connectivity index (χ4v) is 3.83. The van der Waals surface area contributed by atoms with Crippen molar-refractivity contribution in [1.82, 2.24) is 9.80 Å². The lowest BCUT2D eigenvalue weighted by atomic mass is 10.1. The zero-order valence-electron chi connectivity index (χ0n) is 15.6. The molecule has 1 aliphatic rings. The molecule has 1 fully saturated rings. The van der Waals surface area contributed by atoms with Crippen LogP contribution in [0.25, 0.3) is 0 Å². The molecule has 144 valence electrons. The van der Waals surface area contributed by atoms with Gasteiger partial charge in [-0.3, -0.25) is 14.5 Å². The molecule has 27 heavy (non-hydrogen) atoms. The Morgan fingerprint density at radius 1 is 1.04 bits per heavy atom. The van der Waals surface area contributed by atoms with E-state index >= 15 is 0 Å². The number of ketones is 1. The molecule has 3 rings (SSSR count). The Hall–Kier alpha value is -2.38. The lowest BCUT2D eigenvalue weighted by Crippen LogP contribution is -2.50. The van der Waals surface area contributed by atoms with Crippen LogP contribution in [0.3, 0.4) is 0 Å². The van der Waals surface area contributed by atoms with Crippen LogP contribution < -0.4 is 9.47 Å². The highest BCUT2D eigenvalue weighted by Gasteiger charge is 2.23. The molecule has 0 radical (unpaired) electrons. The number of piperazine rings is 1. The molecule has 1 saturated heterocycles. The van der Waals surface area contributed by atoms with Crippen molar-refractivity contribution < 1.29 is 19.1 Å². The number of hydrogen-bond acceptors (Lipinski definition) is 6. The van der Waals surface area contributed by atoms with Crippen molar-refractivity contribution in [3.63, 3.8) is 0 Å². The summed E-state index contributed by atoms with van der Waals surface area (Å²) in [7, 11) is 3.12. The first-order chi connectivity index (χ1) is 13.1. The number of methoxy groups -OCH3 is 2. The lowest BCUT2D eigenvalue weighted by Gasteiger charge is -2.34. The maximum Gasteiger partial charge on any atom is 0.227 e. The Morgan fingerprint density at radius 2 is 1.78 bits per heavy atom. The van der Waals surface area contributed by atoms with Gasteiger partial charge >= 0.3 is 0 Å². The van der Waals surface area contributed by atoms with E-state index in [4.69, 9.17) is 9.47 Å². The Balaban J connectivity index is 1.51. The summed E-state index contributed by atoms with van der Waals surface area (Å²) in [6.45, 7) is 3.06. The van der Waals surface area contributed by atoms with Crippen LogP contribution in [0, 0.1) is 0 Å². The topological polar surface area (TPSA) is 59.1 Å². The molecule has 0 unspecified atom stereocenters. The molecule has 1 aromatic heterocycles. The number of ether oxygens (including phenoxy) is 2. The van der Waals surface area contributed by atoms with Gasteiger partial charge in [0.05, 0.1) is 27.2 Å². The summed E-state index contributed by atoms with van der Waals surface area (Å²) in [6.07, 6.45) is 0.461. The molecule has 0 spiro atoms. The third kappa shape index (κ3) is 4.87. The van der Waals surface area contributed by atoms with Gasteiger partial charge in [0, 0.05) is 36.6 Å². The normalized spacial score (nSPS) is 14.8. The van der Waals surface area contributed by atoms with Crippen molar-refractivity contribution in [1.29, 1.82) is 0 Å². The SMILES string of the molecule is COc1ccc(C(=O)CN2CCN(C(=O)Cc3cccs3)CC2)cc1OC. The molecule has 1 aliphatic heterocycles. The number of amides is 1. The predicted octanol–water partition coefficient (Wildman–Crippen LogP) is 2.33. The molecule has 2 heterocycles. The van der Waals surface area contributed by atoms with Gasteiger partial charge < -0.3 is 14.4 Å². The number of nitrogens with zero attached hydrogens (tertiary/aromatic N) is 2. The van der Waals surface area contributed by atoms with Crippen LogP contribution in [-0.4, -0.2) is 68.4 Å². The third-order valence-electron chi connectivity index (χ3n) is 4.70. The van der Waals surface area contributed by atoms with E-state index in [1.54, 1.807) is 43.8 Å². The molecule has 1 aromatic carbocycles. The molecule has 0 bridgehead atoms. The highest BCUT2D eigenvalue weighted by atomic mass is 32.1. The summed E-state index contributed by atoms with van der Waals surface area (Å²) in [5, 5.41) is 1.99. The summed E-state index contributed by atoms with van der Waals surface area (Å²) in [5.41, 5.74) is 0.601. The summed E-state index contributed by atoms with van der Waals surface area (Å²) in [5.74, 6) is 1.34. The number of carbonyl (C=O) groups is 2. The minimum absolute atomic E-state index is 0.0364. The second-order valence-electron chi connectivity index (χ2n) is 6.41. The Bertz CT molecular complexity index is 783. The van der Waals surface area contributed by atoms with Crippen LogP contribution in [0.15, 0.2) is 35.7 Å². The van der Waals surface area contributed by atoms with Crippen LogP contribution in [0.4, 0.5) is 0 Å². The molecule has 0 aliphatic carbocycles. The first-order valence-corrected chi connectivity index (χ1v) is 9.76. The molecule has 2 aromatic rings. The number of carbonyl (C=O) groups excluding carboxylic acids is 2. The van der Waals surface area contributed by atoms with E-state index in [9.17, 15) is 9.59 Å². The van der Waals surface area contributed by atoms with Gasteiger partial charge in [0.15, 0.2) is 17.3 Å². The standard InChI is InChI=1S/C20H24N2O4S/c1-25-18-6-5-15(12-19(18)26-2)17(23)14-21-7-9-22(10-8-21)20(24)13-16-4-3-11-27-16/h3-6,11-12H,7-10,13-14H2,1-2H3. The molecular formula is C20H24N2O4S. The van der Waals surface area contributed by atoms with Crippen molar-refractivity contribution in [2.45, 2.75) is 6.42 Å². The maximum atomic E-state index is 12.6. The number of Topliss-reactive ketones (excluding diaryl/α,β-unsaturated/α-hetero) is 1. The van der Waals surface area contributed by atoms with E-state index < -0.39 is 0 Å². The maximum absolute atomic E-state index is 12.6. The molecule has 0 saturated carbocycles. The summed E-state index contributed by atoms with van der Waals surface area (Å²) in [6, 6.07) is 9.16. The van der Waals surface area contributed by atoms with E-state index in [2.05, 4.69) is 4.90 Å². The van der Waals surface area contributed by atoms with E-state index in [-0.39, 0.29) is 11.7 Å². The van der Waals surface area contributed by atoms with Gasteiger partial charge in [0.2, 0.25) is 5.91 Å². The average molecular weight is 388 g/mol. The molecule has 7 heteroatoms. The van der Waals surface area contributed by atoms with E-state index in [0.29, 0.717) is 56.2 Å². The van der Waals surface area contributed by atoms with E-state index in [0.717, 1.165) is 4.88 Å². The Morgan fingerprint density at radius 3 is 2.41 bits per heavy atom. The van der Waals surface area contributed by atoms with Crippen LogP contribution >= 0.6 is 11.3 Å². The van der Waals surface area contributed by atoms with Crippen molar-refractivity contribution >= 4 is 23.0 Å². The first-order valence-electron chi connectivity index (χ1n) is 8.88. The first kappa shape index (κ1) is 19.4. The van der Waals surface area contributed by atoms with E-state index in [1.807, 2.05) is 22.4 Å². The van der Waals surface area contributed by atoms with Gasteiger partial charge in [-0.05, 0) is 29.6 Å².